The fourth-order valence-electron chi connectivity index (χ4n) is 1.01. The van der Waals surface area contributed by atoms with E-state index in [0.717, 1.165) is 19.6 Å². The summed E-state index contributed by atoms with van der Waals surface area (Å²) in [5, 5.41) is 3.53. The van der Waals surface area contributed by atoms with Crippen LogP contribution in [0.3, 0.4) is 0 Å². The lowest BCUT2D eigenvalue weighted by Gasteiger charge is -2.31. The molecule has 2 heteroatoms. The predicted molar refractivity (Wildman–Crippen MR) is 67.2 cm³/mol. The first-order valence-electron chi connectivity index (χ1n) is 6.10. The van der Waals surface area contributed by atoms with Gasteiger partial charge in [0.25, 0.3) is 0 Å². The first-order chi connectivity index (χ1) is 6.71. The highest BCUT2D eigenvalue weighted by Gasteiger charge is 2.21. The van der Waals surface area contributed by atoms with E-state index in [1.54, 1.807) is 0 Å². The maximum absolute atomic E-state index is 5.79. The molecular weight excluding hydrogens is 186 g/mol. The minimum absolute atomic E-state index is 0.0175. The van der Waals surface area contributed by atoms with Gasteiger partial charge < -0.3 is 10.1 Å². The van der Waals surface area contributed by atoms with Crippen molar-refractivity contribution in [3.8, 4) is 0 Å². The summed E-state index contributed by atoms with van der Waals surface area (Å²) in [5.74, 6) is 0.636. The van der Waals surface area contributed by atoms with Crippen molar-refractivity contribution in [3.63, 3.8) is 0 Å². The second-order valence-corrected chi connectivity index (χ2v) is 5.76. The summed E-state index contributed by atoms with van der Waals surface area (Å²) in [4.78, 5) is 0. The third-order valence-corrected chi connectivity index (χ3v) is 3.47. The van der Waals surface area contributed by atoms with Gasteiger partial charge in [0.2, 0.25) is 0 Å². The van der Waals surface area contributed by atoms with E-state index < -0.39 is 0 Å². The van der Waals surface area contributed by atoms with Crippen LogP contribution in [0.5, 0.6) is 0 Å². The van der Waals surface area contributed by atoms with Gasteiger partial charge in [-0.1, -0.05) is 20.8 Å². The predicted octanol–water partition coefficient (Wildman–Crippen LogP) is 3.22. The molecule has 0 aromatic carbocycles. The number of ether oxygens (including phenoxy) is 1. The lowest BCUT2D eigenvalue weighted by molar-refractivity contribution is -0.0204. The summed E-state index contributed by atoms with van der Waals surface area (Å²) < 4.78 is 5.79. The molecule has 0 saturated carbocycles. The molecule has 0 unspecified atom stereocenters. The normalized spacial score (nSPS) is 13.6. The molecule has 0 atom stereocenters. The van der Waals surface area contributed by atoms with Gasteiger partial charge in [0.15, 0.2) is 0 Å². The van der Waals surface area contributed by atoms with Gasteiger partial charge in [-0.05, 0) is 40.0 Å². The van der Waals surface area contributed by atoms with Gasteiger partial charge in [0.1, 0.15) is 0 Å². The van der Waals surface area contributed by atoms with E-state index in [0.29, 0.717) is 5.92 Å². The number of hydrogen-bond acceptors (Lipinski definition) is 2. The Hall–Kier alpha value is -0.0800. The van der Waals surface area contributed by atoms with Crippen molar-refractivity contribution in [2.75, 3.05) is 13.2 Å². The molecule has 92 valence electrons. The third kappa shape index (κ3) is 6.16. The van der Waals surface area contributed by atoms with Gasteiger partial charge in [0.05, 0.1) is 12.2 Å². The standard InChI is InChI=1S/C13H29NO/c1-8-12(4,5)15-10-9-14-13(6,7)11(2)3/h11,14H,8-10H2,1-7H3. The van der Waals surface area contributed by atoms with Gasteiger partial charge >= 0.3 is 0 Å². The topological polar surface area (TPSA) is 21.3 Å². The van der Waals surface area contributed by atoms with Gasteiger partial charge in [-0.25, -0.2) is 0 Å². The average Bonchev–Trinajstić information content (AvgIpc) is 2.12. The van der Waals surface area contributed by atoms with Crippen LogP contribution < -0.4 is 5.32 Å². The zero-order valence-corrected chi connectivity index (χ0v) is 11.6. The van der Waals surface area contributed by atoms with Crippen molar-refractivity contribution in [2.24, 2.45) is 5.92 Å². The quantitative estimate of drug-likeness (QED) is 0.658. The Morgan fingerprint density at radius 1 is 1.13 bits per heavy atom. The number of nitrogens with one attached hydrogen (secondary N) is 1. The highest BCUT2D eigenvalue weighted by Crippen LogP contribution is 2.15. The average molecular weight is 215 g/mol. The summed E-state index contributed by atoms with van der Waals surface area (Å²) in [7, 11) is 0. The molecule has 0 aromatic rings. The maximum Gasteiger partial charge on any atom is 0.0624 e. The highest BCUT2D eigenvalue weighted by atomic mass is 16.5. The number of rotatable bonds is 7. The summed E-state index contributed by atoms with van der Waals surface area (Å²) in [6, 6.07) is 0. The van der Waals surface area contributed by atoms with Crippen molar-refractivity contribution in [2.45, 2.75) is 66.0 Å². The Morgan fingerprint density at radius 3 is 2.07 bits per heavy atom. The molecule has 0 aliphatic carbocycles. The van der Waals surface area contributed by atoms with E-state index in [-0.39, 0.29) is 11.1 Å². The molecule has 0 aromatic heterocycles. The van der Waals surface area contributed by atoms with Gasteiger partial charge in [-0.3, -0.25) is 0 Å². The minimum atomic E-state index is 0.0175. The Morgan fingerprint density at radius 2 is 1.67 bits per heavy atom. The van der Waals surface area contributed by atoms with E-state index in [2.05, 4.69) is 53.8 Å². The molecule has 2 nitrogen and oxygen atoms in total. The van der Waals surface area contributed by atoms with Crippen molar-refractivity contribution >= 4 is 0 Å². The molecule has 0 bridgehead atoms. The molecule has 0 spiro atoms. The van der Waals surface area contributed by atoms with Crippen molar-refractivity contribution in [1.29, 1.82) is 0 Å². The first kappa shape index (κ1) is 14.9. The van der Waals surface area contributed by atoms with E-state index in [9.17, 15) is 0 Å². The van der Waals surface area contributed by atoms with Gasteiger partial charge in [-0.2, -0.15) is 0 Å². The molecule has 15 heavy (non-hydrogen) atoms. The van der Waals surface area contributed by atoms with Crippen molar-refractivity contribution < 1.29 is 4.74 Å². The molecule has 0 heterocycles. The Kier molecular flexibility index (Phi) is 5.82. The van der Waals surface area contributed by atoms with Crippen LogP contribution in [0.4, 0.5) is 0 Å². The molecule has 0 aliphatic heterocycles. The highest BCUT2D eigenvalue weighted by molar-refractivity contribution is 4.80. The molecule has 0 rings (SSSR count). The Labute approximate surface area is 95.8 Å². The SMILES string of the molecule is CCC(C)(C)OCCNC(C)(C)C(C)C. The van der Waals surface area contributed by atoms with E-state index in [1.807, 2.05) is 0 Å². The summed E-state index contributed by atoms with van der Waals surface area (Å²) in [5.41, 5.74) is 0.212. The molecule has 0 saturated heterocycles. The zero-order chi connectivity index (χ0) is 12.1. The Balaban J connectivity index is 3.72. The molecule has 1 N–H and O–H groups in total. The molecule has 0 fully saturated rings. The minimum Gasteiger partial charge on any atom is -0.374 e. The van der Waals surface area contributed by atoms with Crippen LogP contribution in [0.1, 0.15) is 54.9 Å². The monoisotopic (exact) mass is 215 g/mol. The van der Waals surface area contributed by atoms with Crippen LogP contribution in [-0.4, -0.2) is 24.3 Å². The molecule has 0 radical (unpaired) electrons. The Bertz CT molecular complexity index is 173. The van der Waals surface area contributed by atoms with E-state index in [1.165, 1.54) is 0 Å². The van der Waals surface area contributed by atoms with E-state index >= 15 is 0 Å². The largest absolute Gasteiger partial charge is 0.374 e. The number of hydrogen-bond donors (Lipinski definition) is 1. The van der Waals surface area contributed by atoms with Crippen LogP contribution in [-0.2, 0) is 4.74 Å². The third-order valence-electron chi connectivity index (χ3n) is 3.47. The molecular formula is C13H29NO. The second kappa shape index (κ2) is 5.86. The van der Waals surface area contributed by atoms with Crippen LogP contribution >= 0.6 is 0 Å². The van der Waals surface area contributed by atoms with Gasteiger partial charge in [-0.15, -0.1) is 0 Å². The lowest BCUT2D eigenvalue weighted by atomic mass is 9.91. The first-order valence-corrected chi connectivity index (χ1v) is 6.10. The van der Waals surface area contributed by atoms with Crippen molar-refractivity contribution in [3.05, 3.63) is 0 Å². The van der Waals surface area contributed by atoms with Crippen LogP contribution in [0.2, 0.25) is 0 Å². The van der Waals surface area contributed by atoms with Crippen molar-refractivity contribution in [1.82, 2.24) is 5.32 Å². The molecule has 0 amide bonds. The van der Waals surface area contributed by atoms with Gasteiger partial charge in [0, 0.05) is 12.1 Å². The summed E-state index contributed by atoms with van der Waals surface area (Å²) >= 11 is 0. The lowest BCUT2D eigenvalue weighted by Crippen LogP contribution is -2.46. The van der Waals surface area contributed by atoms with Crippen LogP contribution in [0.15, 0.2) is 0 Å². The van der Waals surface area contributed by atoms with Crippen LogP contribution in [0.25, 0.3) is 0 Å². The fourth-order valence-corrected chi connectivity index (χ4v) is 1.01. The summed E-state index contributed by atoms with van der Waals surface area (Å²) in [6.07, 6.45) is 1.06. The maximum atomic E-state index is 5.79. The zero-order valence-electron chi connectivity index (χ0n) is 11.6. The molecule has 0 aliphatic rings. The second-order valence-electron chi connectivity index (χ2n) is 5.76. The van der Waals surface area contributed by atoms with Crippen LogP contribution in [0, 0.1) is 5.92 Å². The fraction of sp³-hybridized carbons (Fsp3) is 1.00. The summed E-state index contributed by atoms with van der Waals surface area (Å²) in [6.45, 7) is 17.1. The smallest absolute Gasteiger partial charge is 0.0624 e. The van der Waals surface area contributed by atoms with E-state index in [4.69, 9.17) is 4.74 Å².